The SMILES string of the molecule is CS(=O)(=O)NC1CC2CN(C(=O)[C@@H]3C[C@H]3c3ccccc3-c3c(F)cccc3F)CC2C1. The second-order valence-electron chi connectivity index (χ2n) is 9.45. The van der Waals surface area contributed by atoms with Crippen LogP contribution in [0.4, 0.5) is 8.78 Å². The predicted octanol–water partition coefficient (Wildman–Crippen LogP) is 3.52. The molecule has 0 radical (unpaired) electrons. The first-order valence-corrected chi connectivity index (χ1v) is 12.9. The molecule has 8 heteroatoms. The minimum atomic E-state index is -3.23. The first kappa shape index (κ1) is 21.5. The van der Waals surface area contributed by atoms with E-state index >= 15 is 0 Å². The largest absolute Gasteiger partial charge is 0.342 e. The molecule has 2 aromatic rings. The molecule has 0 aromatic heterocycles. The summed E-state index contributed by atoms with van der Waals surface area (Å²) in [4.78, 5) is 15.1. The maximum atomic E-state index is 14.4. The molecule has 0 spiro atoms. The smallest absolute Gasteiger partial charge is 0.226 e. The van der Waals surface area contributed by atoms with E-state index in [1.807, 2.05) is 17.0 Å². The van der Waals surface area contributed by atoms with Crippen molar-refractivity contribution in [3.8, 4) is 11.1 Å². The average Bonchev–Trinajstić information content (AvgIpc) is 3.29. The number of hydrogen-bond acceptors (Lipinski definition) is 3. The number of sulfonamides is 1. The number of carbonyl (C=O) groups is 1. The first-order chi connectivity index (χ1) is 15.2. The molecule has 170 valence electrons. The number of likely N-dealkylation sites (tertiary alicyclic amines) is 1. The Bertz CT molecular complexity index is 1140. The standard InChI is InChI=1S/C24H26F2N2O3S/c1-32(30,31)27-16-9-14-12-28(13-15(14)10-16)24(29)20-11-19(20)17-5-2-3-6-18(17)23-21(25)7-4-8-22(23)26/h2-8,14-16,19-20,27H,9-13H2,1H3/t14?,15?,16?,19-,20+/m0/s1. The molecular formula is C24H26F2N2O3S. The fraction of sp³-hybridized carbons (Fsp3) is 0.458. The number of hydrogen-bond donors (Lipinski definition) is 1. The van der Waals surface area contributed by atoms with Crippen LogP contribution in [0.5, 0.6) is 0 Å². The summed E-state index contributed by atoms with van der Waals surface area (Å²) < 4.78 is 54.5. The lowest BCUT2D eigenvalue weighted by molar-refractivity contribution is -0.131. The van der Waals surface area contributed by atoms with E-state index < -0.39 is 21.7 Å². The molecule has 5 nitrogen and oxygen atoms in total. The molecule has 2 saturated carbocycles. The van der Waals surface area contributed by atoms with E-state index in [0.717, 1.165) is 18.4 Å². The quantitative estimate of drug-likeness (QED) is 0.743. The van der Waals surface area contributed by atoms with Gasteiger partial charge in [0, 0.05) is 25.0 Å². The van der Waals surface area contributed by atoms with Crippen LogP contribution in [0.1, 0.15) is 30.7 Å². The van der Waals surface area contributed by atoms with Crippen LogP contribution in [0, 0.1) is 29.4 Å². The van der Waals surface area contributed by atoms with Gasteiger partial charge in [-0.25, -0.2) is 21.9 Å². The Hall–Kier alpha value is -2.32. The molecule has 1 saturated heterocycles. The summed E-state index contributed by atoms with van der Waals surface area (Å²) in [6, 6.07) is 11.0. The maximum Gasteiger partial charge on any atom is 0.226 e. The van der Waals surface area contributed by atoms with Gasteiger partial charge in [0.2, 0.25) is 15.9 Å². The number of fused-ring (bicyclic) bond motifs is 1. The van der Waals surface area contributed by atoms with Crippen molar-refractivity contribution in [3.63, 3.8) is 0 Å². The third-order valence-corrected chi connectivity index (χ3v) is 7.90. The van der Waals surface area contributed by atoms with Gasteiger partial charge in [0.15, 0.2) is 0 Å². The molecular weight excluding hydrogens is 434 g/mol. The van der Waals surface area contributed by atoms with Gasteiger partial charge in [0.1, 0.15) is 11.6 Å². The van der Waals surface area contributed by atoms with E-state index in [1.54, 1.807) is 12.1 Å². The number of rotatable bonds is 5. The number of benzene rings is 2. The van der Waals surface area contributed by atoms with Crippen molar-refractivity contribution < 1.29 is 22.0 Å². The Balaban J connectivity index is 1.28. The van der Waals surface area contributed by atoms with Gasteiger partial charge < -0.3 is 4.90 Å². The van der Waals surface area contributed by atoms with Gasteiger partial charge in [0.05, 0.1) is 11.8 Å². The van der Waals surface area contributed by atoms with Crippen LogP contribution in [0.15, 0.2) is 42.5 Å². The highest BCUT2D eigenvalue weighted by Gasteiger charge is 2.50. The zero-order chi connectivity index (χ0) is 22.6. The lowest BCUT2D eigenvalue weighted by Gasteiger charge is -2.20. The van der Waals surface area contributed by atoms with Crippen LogP contribution in [0.3, 0.4) is 0 Å². The third kappa shape index (κ3) is 4.06. The summed E-state index contributed by atoms with van der Waals surface area (Å²) in [5.41, 5.74) is 1.28. The Morgan fingerprint density at radius 3 is 2.22 bits per heavy atom. The number of amides is 1. The van der Waals surface area contributed by atoms with E-state index in [-0.39, 0.29) is 29.3 Å². The minimum absolute atomic E-state index is 0.0404. The Kier molecular flexibility index (Phi) is 5.33. The molecule has 0 bridgehead atoms. The van der Waals surface area contributed by atoms with E-state index in [0.29, 0.717) is 36.9 Å². The molecule has 3 aliphatic rings. The zero-order valence-corrected chi connectivity index (χ0v) is 18.6. The highest BCUT2D eigenvalue weighted by atomic mass is 32.2. The second kappa shape index (κ2) is 7.92. The van der Waals surface area contributed by atoms with Gasteiger partial charge >= 0.3 is 0 Å². The zero-order valence-electron chi connectivity index (χ0n) is 17.8. The molecule has 5 rings (SSSR count). The van der Waals surface area contributed by atoms with Crippen molar-refractivity contribution in [2.45, 2.75) is 31.2 Å². The lowest BCUT2D eigenvalue weighted by Crippen LogP contribution is -2.36. The highest BCUT2D eigenvalue weighted by Crippen LogP contribution is 2.52. The summed E-state index contributed by atoms with van der Waals surface area (Å²) in [5.74, 6) is -0.699. The van der Waals surface area contributed by atoms with Gasteiger partial charge in [-0.1, -0.05) is 30.3 Å². The molecule has 1 aliphatic heterocycles. The maximum absolute atomic E-state index is 14.4. The average molecular weight is 461 g/mol. The Morgan fingerprint density at radius 2 is 1.59 bits per heavy atom. The topological polar surface area (TPSA) is 66.5 Å². The molecule has 2 aliphatic carbocycles. The Morgan fingerprint density at radius 1 is 0.969 bits per heavy atom. The summed E-state index contributed by atoms with van der Waals surface area (Å²) >= 11 is 0. The fourth-order valence-electron chi connectivity index (χ4n) is 5.73. The van der Waals surface area contributed by atoms with E-state index in [2.05, 4.69) is 4.72 Å². The molecule has 2 aromatic carbocycles. The molecule has 1 amide bonds. The number of nitrogens with one attached hydrogen (secondary N) is 1. The number of nitrogens with zero attached hydrogens (tertiary/aromatic N) is 1. The van der Waals surface area contributed by atoms with Gasteiger partial charge in [-0.15, -0.1) is 0 Å². The number of carbonyl (C=O) groups excluding carboxylic acids is 1. The van der Waals surface area contributed by atoms with Gasteiger partial charge in [-0.05, 0) is 60.3 Å². The molecule has 1 N–H and O–H groups in total. The van der Waals surface area contributed by atoms with Gasteiger partial charge in [-0.2, -0.15) is 0 Å². The first-order valence-electron chi connectivity index (χ1n) is 11.0. The van der Waals surface area contributed by atoms with Crippen LogP contribution in [0.2, 0.25) is 0 Å². The van der Waals surface area contributed by atoms with Crippen LogP contribution in [0.25, 0.3) is 11.1 Å². The summed E-state index contributed by atoms with van der Waals surface area (Å²) in [7, 11) is -3.23. The molecule has 2 unspecified atom stereocenters. The van der Waals surface area contributed by atoms with Crippen molar-refractivity contribution in [1.29, 1.82) is 0 Å². The summed E-state index contributed by atoms with van der Waals surface area (Å²) in [6.45, 7) is 1.30. The monoisotopic (exact) mass is 460 g/mol. The summed E-state index contributed by atoms with van der Waals surface area (Å²) in [5, 5.41) is 0. The number of halogens is 2. The second-order valence-corrected chi connectivity index (χ2v) is 11.2. The van der Waals surface area contributed by atoms with Gasteiger partial charge in [0.25, 0.3) is 0 Å². The normalized spacial score (nSPS) is 29.2. The summed E-state index contributed by atoms with van der Waals surface area (Å²) in [6.07, 6.45) is 3.36. The van der Waals surface area contributed by atoms with E-state index in [4.69, 9.17) is 0 Å². The van der Waals surface area contributed by atoms with E-state index in [9.17, 15) is 22.0 Å². The lowest BCUT2D eigenvalue weighted by atomic mass is 9.95. The van der Waals surface area contributed by atoms with E-state index in [1.165, 1.54) is 24.5 Å². The predicted molar refractivity (Wildman–Crippen MR) is 117 cm³/mol. The minimum Gasteiger partial charge on any atom is -0.342 e. The molecule has 4 atom stereocenters. The van der Waals surface area contributed by atoms with Crippen molar-refractivity contribution in [2.24, 2.45) is 17.8 Å². The van der Waals surface area contributed by atoms with Crippen LogP contribution >= 0.6 is 0 Å². The fourth-order valence-corrected chi connectivity index (χ4v) is 6.53. The van der Waals surface area contributed by atoms with Crippen molar-refractivity contribution in [2.75, 3.05) is 19.3 Å². The van der Waals surface area contributed by atoms with Gasteiger partial charge in [-0.3, -0.25) is 4.79 Å². The van der Waals surface area contributed by atoms with Crippen molar-refractivity contribution in [1.82, 2.24) is 9.62 Å². The molecule has 1 heterocycles. The van der Waals surface area contributed by atoms with Crippen molar-refractivity contribution in [3.05, 3.63) is 59.7 Å². The molecule has 32 heavy (non-hydrogen) atoms. The molecule has 3 fully saturated rings. The third-order valence-electron chi connectivity index (χ3n) is 7.14. The highest BCUT2D eigenvalue weighted by molar-refractivity contribution is 7.88. The Labute approximate surface area is 186 Å². The van der Waals surface area contributed by atoms with Crippen LogP contribution in [-0.4, -0.2) is 44.6 Å². The van der Waals surface area contributed by atoms with Crippen LogP contribution in [-0.2, 0) is 14.8 Å². The van der Waals surface area contributed by atoms with Crippen molar-refractivity contribution >= 4 is 15.9 Å². The van der Waals surface area contributed by atoms with Crippen LogP contribution < -0.4 is 4.72 Å².